The molecule has 10 heteroatoms. The van der Waals surface area contributed by atoms with Gasteiger partial charge in [-0.25, -0.2) is 9.67 Å². The molecule has 5 rings (SSSR count). The Bertz CT molecular complexity index is 1340. The maximum absolute atomic E-state index is 12.2. The van der Waals surface area contributed by atoms with Crippen LogP contribution >= 0.6 is 0 Å². The van der Waals surface area contributed by atoms with Crippen LogP contribution in [0.3, 0.4) is 0 Å². The zero-order valence-corrected chi connectivity index (χ0v) is 24.8. The largest absolute Gasteiger partial charge is 0.489 e. The van der Waals surface area contributed by atoms with Crippen molar-refractivity contribution in [2.45, 2.75) is 65.5 Å². The third-order valence-corrected chi connectivity index (χ3v) is 9.81. The third-order valence-electron chi connectivity index (χ3n) is 8.10. The fourth-order valence-electron chi connectivity index (χ4n) is 5.36. The number of carbonyl (C=O) groups is 1. The van der Waals surface area contributed by atoms with Crippen molar-refractivity contribution in [3.05, 3.63) is 23.4 Å². The van der Waals surface area contributed by atoms with Gasteiger partial charge in [-0.05, 0) is 42.7 Å². The van der Waals surface area contributed by atoms with E-state index in [2.05, 4.69) is 36.2 Å². The molecule has 2 atom stereocenters. The Morgan fingerprint density at radius 1 is 1.26 bits per heavy atom. The highest BCUT2D eigenvalue weighted by Crippen LogP contribution is 2.60. The monoisotopic (exact) mass is 539 g/mol. The fourth-order valence-corrected chi connectivity index (χ4v) is 6.12. The Balaban J connectivity index is 1.49. The molecule has 1 fully saturated rings. The van der Waals surface area contributed by atoms with Gasteiger partial charge in [0.1, 0.15) is 24.8 Å². The van der Waals surface area contributed by atoms with Crippen molar-refractivity contribution in [2.75, 3.05) is 38.9 Å². The molecule has 0 saturated heterocycles. The number of methoxy groups -OCH3 is 1. The zero-order chi connectivity index (χ0) is 27.2. The van der Waals surface area contributed by atoms with Crippen LogP contribution in [-0.4, -0.2) is 67.7 Å². The first kappa shape index (κ1) is 26.9. The van der Waals surface area contributed by atoms with Crippen molar-refractivity contribution in [2.24, 2.45) is 11.3 Å². The number of hydrogen-bond donors (Lipinski definition) is 1. The van der Waals surface area contributed by atoms with Crippen molar-refractivity contribution in [1.82, 2.24) is 19.7 Å². The van der Waals surface area contributed by atoms with E-state index in [1.165, 1.54) is 24.6 Å². The molecule has 3 aromatic rings. The predicted molar refractivity (Wildman–Crippen MR) is 151 cm³/mol. The number of fused-ring (bicyclic) bond motifs is 3. The second kappa shape index (κ2) is 10.1. The van der Waals surface area contributed by atoms with E-state index < -0.39 is 8.07 Å². The molecular weight excluding hydrogens is 498 g/mol. The number of anilines is 1. The van der Waals surface area contributed by atoms with Crippen LogP contribution in [-0.2, 0) is 33.8 Å². The summed E-state index contributed by atoms with van der Waals surface area (Å²) >= 11 is 0. The van der Waals surface area contributed by atoms with Crippen LogP contribution in [0.2, 0.25) is 25.7 Å². The van der Waals surface area contributed by atoms with Crippen LogP contribution in [0.4, 0.5) is 5.69 Å². The molecule has 1 aromatic carbocycles. The number of nitrogens with zero attached hydrogens (tertiary/aromatic N) is 4. The number of aromatic amines is 1. The first-order valence-corrected chi connectivity index (χ1v) is 17.3. The number of aromatic nitrogens is 4. The van der Waals surface area contributed by atoms with E-state index in [1.54, 1.807) is 19.1 Å². The van der Waals surface area contributed by atoms with Crippen LogP contribution in [0.25, 0.3) is 22.6 Å². The molecule has 0 unspecified atom stereocenters. The number of imidazole rings is 1. The number of H-pyrrole nitrogens is 1. The second-order valence-electron chi connectivity index (χ2n) is 12.4. The van der Waals surface area contributed by atoms with Crippen LogP contribution < -0.4 is 9.64 Å². The van der Waals surface area contributed by atoms with E-state index in [-0.39, 0.29) is 5.91 Å². The van der Waals surface area contributed by atoms with E-state index >= 15 is 0 Å². The van der Waals surface area contributed by atoms with Gasteiger partial charge in [-0.1, -0.05) is 26.6 Å². The maximum Gasteiger partial charge on any atom is 0.223 e. The third kappa shape index (κ3) is 5.39. The van der Waals surface area contributed by atoms with Crippen LogP contribution in [0.1, 0.15) is 31.5 Å². The van der Waals surface area contributed by atoms with E-state index in [0.29, 0.717) is 42.7 Å². The van der Waals surface area contributed by atoms with Crippen LogP contribution in [0, 0.1) is 11.3 Å². The highest BCUT2D eigenvalue weighted by Gasteiger charge is 2.54. The Labute approximate surface area is 225 Å². The van der Waals surface area contributed by atoms with Gasteiger partial charge in [0.25, 0.3) is 0 Å². The number of nitrogens with one attached hydrogen (secondary N) is 1. The van der Waals surface area contributed by atoms with Gasteiger partial charge in [0.2, 0.25) is 5.91 Å². The number of carbonyl (C=O) groups excluding carboxylic acids is 1. The average Bonchev–Trinajstić information content (AvgIpc) is 3.16. The molecule has 1 saturated carbocycles. The fraction of sp³-hybridized carbons (Fsp3) is 0.607. The topological polar surface area (TPSA) is 94.5 Å². The van der Waals surface area contributed by atoms with Crippen molar-refractivity contribution in [3.8, 4) is 17.3 Å². The van der Waals surface area contributed by atoms with Gasteiger partial charge >= 0.3 is 0 Å². The van der Waals surface area contributed by atoms with E-state index in [4.69, 9.17) is 24.3 Å². The molecule has 2 heterocycles. The first-order valence-electron chi connectivity index (χ1n) is 13.6. The molecule has 2 aliphatic rings. The molecule has 2 aromatic heterocycles. The lowest BCUT2D eigenvalue weighted by atomic mass is 9.87. The lowest BCUT2D eigenvalue weighted by molar-refractivity contribution is -0.116. The van der Waals surface area contributed by atoms with Crippen LogP contribution in [0.15, 0.2) is 12.1 Å². The Hall–Kier alpha value is -2.69. The minimum absolute atomic E-state index is 0.0777. The molecule has 0 bridgehead atoms. The average molecular weight is 540 g/mol. The lowest BCUT2D eigenvalue weighted by Gasteiger charge is -2.20. The van der Waals surface area contributed by atoms with Crippen molar-refractivity contribution in [1.29, 1.82) is 0 Å². The molecule has 1 N–H and O–H groups in total. The van der Waals surface area contributed by atoms with Gasteiger partial charge in [-0.2, -0.15) is 5.10 Å². The molecular formula is C28H41N5O4Si. The molecule has 9 nitrogen and oxygen atoms in total. The number of hydrogen-bond acceptors (Lipinski definition) is 6. The highest BCUT2D eigenvalue weighted by atomic mass is 28.3. The van der Waals surface area contributed by atoms with Gasteiger partial charge in [0, 0.05) is 53.1 Å². The van der Waals surface area contributed by atoms with Crippen molar-refractivity contribution < 1.29 is 19.0 Å². The Morgan fingerprint density at radius 2 is 2.05 bits per heavy atom. The summed E-state index contributed by atoms with van der Waals surface area (Å²) in [5.41, 5.74) is 6.15. The molecule has 38 heavy (non-hydrogen) atoms. The molecule has 206 valence electrons. The molecule has 2 aliphatic carbocycles. The Kier molecular flexibility index (Phi) is 7.17. The normalized spacial score (nSPS) is 20.3. The summed E-state index contributed by atoms with van der Waals surface area (Å²) in [5, 5.41) is 5.04. The van der Waals surface area contributed by atoms with Gasteiger partial charge < -0.3 is 24.1 Å². The predicted octanol–water partition coefficient (Wildman–Crippen LogP) is 4.87. The second-order valence-corrected chi connectivity index (χ2v) is 18.0. The van der Waals surface area contributed by atoms with Crippen LogP contribution in [0.5, 0.6) is 5.75 Å². The van der Waals surface area contributed by atoms with E-state index in [9.17, 15) is 4.79 Å². The van der Waals surface area contributed by atoms with Gasteiger partial charge in [-0.3, -0.25) is 4.79 Å². The highest BCUT2D eigenvalue weighted by molar-refractivity contribution is 6.76. The van der Waals surface area contributed by atoms with Gasteiger partial charge in [0.05, 0.1) is 23.3 Å². The number of benzene rings is 1. The summed E-state index contributed by atoms with van der Waals surface area (Å²) in [6.45, 7) is 13.1. The summed E-state index contributed by atoms with van der Waals surface area (Å²) in [7, 11) is 2.23. The number of amides is 1. The summed E-state index contributed by atoms with van der Waals surface area (Å²) in [4.78, 5) is 22.2. The van der Waals surface area contributed by atoms with E-state index in [0.717, 1.165) is 48.0 Å². The van der Waals surface area contributed by atoms with Crippen molar-refractivity contribution >= 4 is 30.7 Å². The molecule has 0 spiro atoms. The summed E-state index contributed by atoms with van der Waals surface area (Å²) in [5.74, 6) is 1.98. The lowest BCUT2D eigenvalue weighted by Crippen LogP contribution is -2.23. The zero-order valence-electron chi connectivity index (χ0n) is 23.8. The van der Waals surface area contributed by atoms with Gasteiger partial charge in [0.15, 0.2) is 5.82 Å². The standard InChI is InChI=1S/C28H41N5O4Si/c1-18(34)32(3)23-13-21-22(14-25(23)37-9-8-35-4)30-27(29-21)26-20-12-19-15-28(19,2)16-24(20)33(31-26)17-36-10-11-38(5,6)7/h13-14,19H,8-12,15-17H2,1-7H3,(H,29,30)/t19-,28-/m1/s1. The summed E-state index contributed by atoms with van der Waals surface area (Å²) < 4.78 is 19.3. The minimum atomic E-state index is -1.15. The summed E-state index contributed by atoms with van der Waals surface area (Å²) in [6.07, 6.45) is 3.32. The SMILES string of the molecule is COCCOc1cc2[nH]c(-c3nn(COCC[Si](C)(C)C)c4c3C[C@@H]3C[C@]3(C)C4)nc2cc1N(C)C(C)=O. The number of rotatable bonds is 11. The van der Waals surface area contributed by atoms with Crippen molar-refractivity contribution in [3.63, 3.8) is 0 Å². The maximum atomic E-state index is 12.2. The molecule has 1 amide bonds. The quantitative estimate of drug-likeness (QED) is 0.276. The molecule has 0 radical (unpaired) electrons. The summed E-state index contributed by atoms with van der Waals surface area (Å²) in [6, 6.07) is 4.95. The Morgan fingerprint density at radius 3 is 2.76 bits per heavy atom. The minimum Gasteiger partial charge on any atom is -0.489 e. The number of ether oxygens (including phenoxy) is 3. The van der Waals surface area contributed by atoms with E-state index in [1.807, 2.05) is 12.1 Å². The van der Waals surface area contributed by atoms with Gasteiger partial charge in [-0.15, -0.1) is 0 Å². The first-order chi connectivity index (χ1) is 18.0. The smallest absolute Gasteiger partial charge is 0.223 e. The molecule has 0 aliphatic heterocycles.